The molecule has 0 saturated heterocycles. The Bertz CT molecular complexity index is 385. The van der Waals surface area contributed by atoms with Gasteiger partial charge in [0.25, 0.3) is 0 Å². The van der Waals surface area contributed by atoms with E-state index >= 15 is 0 Å². The topological polar surface area (TPSA) is 24.9 Å². The molecular formula is C12H18N2S. The van der Waals surface area contributed by atoms with E-state index < -0.39 is 0 Å². The molecule has 0 aliphatic rings. The fourth-order valence-electron chi connectivity index (χ4n) is 1.60. The summed E-state index contributed by atoms with van der Waals surface area (Å²) in [5.74, 6) is 2.73. The number of terminal acetylenes is 1. The molecule has 1 N–H and O–H groups in total. The van der Waals surface area contributed by atoms with Crippen molar-refractivity contribution >= 4 is 11.3 Å². The molecule has 1 aromatic rings. The first-order valence-electron chi connectivity index (χ1n) is 5.05. The van der Waals surface area contributed by atoms with E-state index in [2.05, 4.69) is 30.1 Å². The Morgan fingerprint density at radius 2 is 2.07 bits per heavy atom. The molecule has 0 fully saturated rings. The third kappa shape index (κ3) is 3.05. The van der Waals surface area contributed by atoms with Gasteiger partial charge < -0.3 is 0 Å². The second-order valence-electron chi connectivity index (χ2n) is 4.31. The molecule has 1 rings (SSSR count). The van der Waals surface area contributed by atoms with Crippen molar-refractivity contribution in [3.05, 3.63) is 15.6 Å². The molecule has 0 bridgehead atoms. The van der Waals surface area contributed by atoms with Gasteiger partial charge in [-0.15, -0.1) is 17.8 Å². The average Bonchev–Trinajstić information content (AvgIpc) is 2.45. The summed E-state index contributed by atoms with van der Waals surface area (Å²) >= 11 is 1.73. The number of nitrogens with zero attached hydrogens (tertiary/aromatic N) is 1. The molecule has 0 spiro atoms. The molecule has 3 heteroatoms. The maximum Gasteiger partial charge on any atom is 0.0900 e. The summed E-state index contributed by atoms with van der Waals surface area (Å²) in [4.78, 5) is 5.78. The first-order chi connectivity index (χ1) is 6.85. The molecule has 1 aromatic heterocycles. The van der Waals surface area contributed by atoms with Crippen molar-refractivity contribution in [2.24, 2.45) is 0 Å². The zero-order valence-corrected chi connectivity index (χ0v) is 10.8. The number of thiazole rings is 1. The van der Waals surface area contributed by atoms with Crippen molar-refractivity contribution in [2.75, 3.05) is 0 Å². The molecule has 0 aliphatic carbocycles. The van der Waals surface area contributed by atoms with Gasteiger partial charge in [-0.25, -0.2) is 4.98 Å². The number of hydrogen-bond donors (Lipinski definition) is 1. The summed E-state index contributed by atoms with van der Waals surface area (Å²) in [6, 6.07) is 0.195. The minimum atomic E-state index is -0.288. The van der Waals surface area contributed by atoms with E-state index in [9.17, 15) is 0 Å². The number of aryl methyl sites for hydroxylation is 2. The zero-order valence-electron chi connectivity index (χ0n) is 10.0. The number of nitrogens with one attached hydrogen (secondary N) is 1. The van der Waals surface area contributed by atoms with Gasteiger partial charge in [0, 0.05) is 10.9 Å². The third-order valence-corrected chi connectivity index (χ3v) is 3.19. The van der Waals surface area contributed by atoms with Gasteiger partial charge in [0.1, 0.15) is 0 Å². The lowest BCUT2D eigenvalue weighted by molar-refractivity contribution is 0.425. The van der Waals surface area contributed by atoms with E-state index in [1.165, 1.54) is 4.88 Å². The Hall–Kier alpha value is -0.850. The Morgan fingerprint density at radius 1 is 1.47 bits per heavy atom. The lowest BCUT2D eigenvalue weighted by Crippen LogP contribution is -2.39. The Balaban J connectivity index is 2.83. The number of rotatable bonds is 3. The Morgan fingerprint density at radius 3 is 2.47 bits per heavy atom. The average molecular weight is 222 g/mol. The molecule has 0 aliphatic heterocycles. The van der Waals surface area contributed by atoms with Gasteiger partial charge >= 0.3 is 0 Å². The van der Waals surface area contributed by atoms with Crippen LogP contribution in [-0.2, 0) is 0 Å². The van der Waals surface area contributed by atoms with Gasteiger partial charge in [-0.1, -0.05) is 5.92 Å². The van der Waals surface area contributed by atoms with E-state index in [4.69, 9.17) is 6.42 Å². The van der Waals surface area contributed by atoms with Gasteiger partial charge in [0.15, 0.2) is 0 Å². The summed E-state index contributed by atoms with van der Waals surface area (Å²) in [6.07, 6.45) is 5.45. The van der Waals surface area contributed by atoms with E-state index in [-0.39, 0.29) is 11.6 Å². The van der Waals surface area contributed by atoms with E-state index in [0.29, 0.717) is 0 Å². The quantitative estimate of drug-likeness (QED) is 0.795. The van der Waals surface area contributed by atoms with Crippen LogP contribution in [-0.4, -0.2) is 10.5 Å². The zero-order chi connectivity index (χ0) is 11.6. The first-order valence-corrected chi connectivity index (χ1v) is 5.87. The summed E-state index contributed by atoms with van der Waals surface area (Å²) in [5, 5.41) is 4.49. The predicted molar refractivity (Wildman–Crippen MR) is 66.1 cm³/mol. The van der Waals surface area contributed by atoms with Crippen LogP contribution in [0.3, 0.4) is 0 Å². The van der Waals surface area contributed by atoms with Crippen molar-refractivity contribution in [1.29, 1.82) is 0 Å². The van der Waals surface area contributed by atoms with Gasteiger partial charge in [-0.3, -0.25) is 5.32 Å². The van der Waals surface area contributed by atoms with Crippen LogP contribution in [0.1, 0.15) is 42.4 Å². The summed E-state index contributed by atoms with van der Waals surface area (Å²) in [6.45, 7) is 10.2. The largest absolute Gasteiger partial charge is 0.293 e. The fourth-order valence-corrected chi connectivity index (χ4v) is 2.51. The van der Waals surface area contributed by atoms with Crippen molar-refractivity contribution in [2.45, 2.75) is 46.2 Å². The van der Waals surface area contributed by atoms with Crippen molar-refractivity contribution in [3.63, 3.8) is 0 Å². The van der Waals surface area contributed by atoms with Crippen LogP contribution in [0.2, 0.25) is 0 Å². The monoisotopic (exact) mass is 222 g/mol. The maximum atomic E-state index is 5.45. The fraction of sp³-hybridized carbons (Fsp3) is 0.583. The molecule has 1 atom stereocenters. The second-order valence-corrected chi connectivity index (χ2v) is 5.72. The van der Waals surface area contributed by atoms with E-state index in [0.717, 1.165) is 10.7 Å². The first kappa shape index (κ1) is 12.2. The summed E-state index contributed by atoms with van der Waals surface area (Å²) < 4.78 is 0. The van der Waals surface area contributed by atoms with Gasteiger partial charge in [0.2, 0.25) is 0 Å². The molecule has 82 valence electrons. The molecule has 0 radical (unpaired) electrons. The van der Waals surface area contributed by atoms with Gasteiger partial charge in [0.05, 0.1) is 16.2 Å². The van der Waals surface area contributed by atoms with Gasteiger partial charge in [-0.2, -0.15) is 0 Å². The van der Waals surface area contributed by atoms with Crippen LogP contribution in [0.5, 0.6) is 0 Å². The highest BCUT2D eigenvalue weighted by molar-refractivity contribution is 7.11. The molecule has 0 aromatic carbocycles. The maximum absolute atomic E-state index is 5.45. The second kappa shape index (κ2) is 4.34. The third-order valence-electron chi connectivity index (χ3n) is 2.29. The van der Waals surface area contributed by atoms with Crippen LogP contribution in [0, 0.1) is 26.2 Å². The smallest absolute Gasteiger partial charge is 0.0900 e. The molecule has 1 unspecified atom stereocenters. The summed E-state index contributed by atoms with van der Waals surface area (Å²) in [5.41, 5.74) is 0.824. The highest BCUT2D eigenvalue weighted by Crippen LogP contribution is 2.23. The Labute approximate surface area is 96.1 Å². The van der Waals surface area contributed by atoms with Gasteiger partial charge in [-0.05, 0) is 34.6 Å². The number of hydrogen-bond acceptors (Lipinski definition) is 3. The normalized spacial score (nSPS) is 13.6. The molecule has 2 nitrogen and oxygen atoms in total. The molecule has 15 heavy (non-hydrogen) atoms. The van der Waals surface area contributed by atoms with E-state index in [1.807, 2.05) is 20.8 Å². The minimum Gasteiger partial charge on any atom is -0.293 e. The predicted octanol–water partition coefficient (Wildman–Crippen LogP) is 2.82. The van der Waals surface area contributed by atoms with Crippen molar-refractivity contribution < 1.29 is 0 Å². The van der Waals surface area contributed by atoms with Crippen molar-refractivity contribution in [1.82, 2.24) is 10.3 Å². The Kier molecular flexibility index (Phi) is 3.54. The standard InChI is InChI=1S/C12H18N2S/c1-7-12(5,6)14-8(2)11-9(3)15-10(4)13-11/h1,8,14H,2-6H3. The van der Waals surface area contributed by atoms with Crippen LogP contribution in [0.25, 0.3) is 0 Å². The SMILES string of the molecule is C#CC(C)(C)NC(C)c1nc(C)sc1C. The van der Waals surface area contributed by atoms with E-state index in [1.54, 1.807) is 11.3 Å². The molecule has 1 heterocycles. The minimum absolute atomic E-state index is 0.195. The van der Waals surface area contributed by atoms with Crippen LogP contribution in [0.4, 0.5) is 0 Å². The summed E-state index contributed by atoms with van der Waals surface area (Å²) in [7, 11) is 0. The molecular weight excluding hydrogens is 204 g/mol. The molecule has 0 saturated carbocycles. The lowest BCUT2D eigenvalue weighted by Gasteiger charge is -2.24. The number of aromatic nitrogens is 1. The van der Waals surface area contributed by atoms with Crippen molar-refractivity contribution in [3.8, 4) is 12.3 Å². The highest BCUT2D eigenvalue weighted by atomic mass is 32.1. The lowest BCUT2D eigenvalue weighted by atomic mass is 10.0. The van der Waals surface area contributed by atoms with Crippen LogP contribution >= 0.6 is 11.3 Å². The molecule has 0 amide bonds. The van der Waals surface area contributed by atoms with Crippen LogP contribution in [0.15, 0.2) is 0 Å². The van der Waals surface area contributed by atoms with Crippen LogP contribution < -0.4 is 5.32 Å². The highest BCUT2D eigenvalue weighted by Gasteiger charge is 2.20.